The number of hydrogen-bond donors (Lipinski definition) is 1. The lowest BCUT2D eigenvalue weighted by Crippen LogP contribution is -2.62. The van der Waals surface area contributed by atoms with Crippen molar-refractivity contribution in [1.82, 2.24) is 40.0 Å². The molecule has 3 aromatic carbocycles. The van der Waals surface area contributed by atoms with Crippen LogP contribution in [0, 0.1) is 17.2 Å². The van der Waals surface area contributed by atoms with Crippen molar-refractivity contribution in [3.8, 4) is 11.5 Å². The molecule has 3 aliphatic carbocycles. The van der Waals surface area contributed by atoms with Crippen molar-refractivity contribution in [3.05, 3.63) is 118 Å². The molecular formula is C53H60FN9O6. The fraction of sp³-hybridized carbons (Fsp3) is 0.491. The Kier molecular flexibility index (Phi) is 12.6. The first kappa shape index (κ1) is 45.2. The SMILES string of the molecule is O=C(CN1CCC(OC2CCN(c3cc(Oc4cccc(C5CCCN(C(=O)C67CC(C6)C7)C5)c4)cnn3)CC2)CC1)N1CCN(C(=O)c2cc(Cc3n[nH]c(=O)c4ccccc34)ccc2F)CC1. The van der Waals surface area contributed by atoms with Crippen LogP contribution in [-0.4, -0.2) is 142 Å². The Hall–Kier alpha value is -6.26. The van der Waals surface area contributed by atoms with Crippen LogP contribution in [0.2, 0.25) is 0 Å². The Balaban J connectivity index is 0.600. The number of fused-ring (bicyclic) bond motifs is 1. The number of piperazine rings is 1. The molecule has 0 spiro atoms. The molecule has 16 heteroatoms. The summed E-state index contributed by atoms with van der Waals surface area (Å²) < 4.78 is 28.1. The monoisotopic (exact) mass is 937 g/mol. The van der Waals surface area contributed by atoms with E-state index in [0.29, 0.717) is 78.7 Å². The standard InChI is InChI=1S/C53H60FN9O6/c54-46-11-10-35(26-47-43-8-1-2-9-44(43)50(65)58-56-47)25-45(46)51(66)62-23-21-61(22-24-62)49(64)34-59-17-12-39(13-18-59)68-40-14-19-60(20-15-40)48-28-42(32-55-57-48)69-41-7-3-5-37(27-41)38-6-4-16-63(33-38)52(67)53-29-36(30-53)31-53/h1-3,5,7-11,25,27-28,32,36,38-40H,4,6,12-24,26,29-31,33-34H2,(H,58,65). The topological polar surface area (TPSA) is 157 Å². The van der Waals surface area contributed by atoms with Crippen molar-refractivity contribution in [3.63, 3.8) is 0 Å². The number of ether oxygens (including phenoxy) is 2. The molecule has 3 saturated carbocycles. The minimum absolute atomic E-state index is 0.0169. The average molecular weight is 938 g/mol. The van der Waals surface area contributed by atoms with Gasteiger partial charge in [-0.05, 0) is 105 Å². The van der Waals surface area contributed by atoms with Gasteiger partial charge in [0.25, 0.3) is 11.5 Å². The van der Waals surface area contributed by atoms with Crippen molar-refractivity contribution in [2.45, 2.75) is 82.3 Å². The molecule has 5 aromatic rings. The van der Waals surface area contributed by atoms with Gasteiger partial charge in [-0.2, -0.15) is 10.2 Å². The molecule has 2 aromatic heterocycles. The third-order valence-electron chi connectivity index (χ3n) is 15.8. The van der Waals surface area contributed by atoms with Gasteiger partial charge in [-0.3, -0.25) is 24.1 Å². The number of carbonyl (C=O) groups is 3. The summed E-state index contributed by atoms with van der Waals surface area (Å²) in [5.74, 6) is 2.70. The highest BCUT2D eigenvalue weighted by Gasteiger charge is 2.62. The number of amides is 3. The third kappa shape index (κ3) is 9.57. The number of halogens is 1. The van der Waals surface area contributed by atoms with Crippen molar-refractivity contribution >= 4 is 34.3 Å². The van der Waals surface area contributed by atoms with E-state index in [1.807, 2.05) is 30.3 Å². The molecule has 360 valence electrons. The zero-order valence-electron chi connectivity index (χ0n) is 39.1. The molecule has 4 aliphatic heterocycles. The number of nitrogens with zero attached hydrogens (tertiary/aromatic N) is 8. The second-order valence-electron chi connectivity index (χ2n) is 20.3. The molecular weight excluding hydrogens is 878 g/mol. The molecule has 15 nitrogen and oxygen atoms in total. The first-order chi connectivity index (χ1) is 33.6. The smallest absolute Gasteiger partial charge is 0.272 e. The largest absolute Gasteiger partial charge is 0.456 e. The molecule has 7 fully saturated rings. The number of aromatic amines is 1. The molecule has 0 radical (unpaired) electrons. The maximum atomic E-state index is 15.1. The summed E-state index contributed by atoms with van der Waals surface area (Å²) in [6.07, 6.45) is 11.1. The van der Waals surface area contributed by atoms with Crippen LogP contribution in [0.3, 0.4) is 0 Å². The average Bonchev–Trinajstić information content (AvgIpc) is 3.35. The number of nitrogens with one attached hydrogen (secondary N) is 1. The number of anilines is 1. The molecule has 1 unspecified atom stereocenters. The Morgan fingerprint density at radius 1 is 0.754 bits per heavy atom. The molecule has 4 saturated heterocycles. The molecule has 6 heterocycles. The van der Waals surface area contributed by atoms with Gasteiger partial charge in [0, 0.05) is 89.2 Å². The van der Waals surface area contributed by atoms with E-state index in [1.165, 1.54) is 11.6 Å². The molecule has 7 aliphatic rings. The first-order valence-electron chi connectivity index (χ1n) is 25.0. The summed E-state index contributed by atoms with van der Waals surface area (Å²) in [7, 11) is 0. The highest BCUT2D eigenvalue weighted by atomic mass is 19.1. The predicted octanol–water partition coefficient (Wildman–Crippen LogP) is 6.18. The summed E-state index contributed by atoms with van der Waals surface area (Å²) >= 11 is 0. The van der Waals surface area contributed by atoms with Crippen molar-refractivity contribution < 1.29 is 28.2 Å². The highest BCUT2D eigenvalue weighted by molar-refractivity contribution is 5.95. The predicted molar refractivity (Wildman–Crippen MR) is 257 cm³/mol. The van der Waals surface area contributed by atoms with E-state index in [-0.39, 0.29) is 34.7 Å². The molecule has 2 bridgehead atoms. The number of benzene rings is 3. The van der Waals surface area contributed by atoms with Crippen LogP contribution in [0.4, 0.5) is 10.2 Å². The molecule has 3 amide bonds. The van der Waals surface area contributed by atoms with Crippen LogP contribution >= 0.6 is 0 Å². The number of rotatable bonds is 12. The summed E-state index contributed by atoms with van der Waals surface area (Å²) in [5, 5.41) is 16.7. The lowest BCUT2D eigenvalue weighted by Gasteiger charge is -2.61. The van der Waals surface area contributed by atoms with E-state index in [4.69, 9.17) is 9.47 Å². The quantitative estimate of drug-likeness (QED) is 0.153. The second-order valence-corrected chi connectivity index (χ2v) is 20.3. The van der Waals surface area contributed by atoms with E-state index in [1.54, 1.807) is 40.3 Å². The minimum Gasteiger partial charge on any atom is -0.456 e. The highest BCUT2D eigenvalue weighted by Crippen LogP contribution is 2.65. The number of carbonyl (C=O) groups excluding carboxylic acids is 3. The summed E-state index contributed by atoms with van der Waals surface area (Å²) in [6.45, 7) is 6.55. The number of likely N-dealkylation sites (tertiary alicyclic amines) is 2. The lowest BCUT2D eigenvalue weighted by atomic mass is 9.44. The van der Waals surface area contributed by atoms with Gasteiger partial charge in [0.15, 0.2) is 11.6 Å². The molecule has 12 rings (SSSR count). The second kappa shape index (κ2) is 19.3. The van der Waals surface area contributed by atoms with Gasteiger partial charge >= 0.3 is 0 Å². The Bertz CT molecular complexity index is 2760. The van der Waals surface area contributed by atoms with Gasteiger partial charge < -0.3 is 29.1 Å². The lowest BCUT2D eigenvalue weighted by molar-refractivity contribution is -0.178. The summed E-state index contributed by atoms with van der Waals surface area (Å²) in [5.41, 5.74) is 2.22. The fourth-order valence-electron chi connectivity index (χ4n) is 11.7. The zero-order chi connectivity index (χ0) is 47.1. The van der Waals surface area contributed by atoms with Gasteiger partial charge in [0.2, 0.25) is 11.8 Å². The number of aromatic nitrogens is 4. The van der Waals surface area contributed by atoms with Crippen molar-refractivity contribution in [2.75, 3.05) is 76.9 Å². The zero-order valence-corrected chi connectivity index (χ0v) is 39.1. The van der Waals surface area contributed by atoms with Crippen LogP contribution in [0.5, 0.6) is 11.5 Å². The van der Waals surface area contributed by atoms with Gasteiger partial charge in [-0.1, -0.05) is 36.4 Å². The van der Waals surface area contributed by atoms with Crippen LogP contribution in [-0.2, 0) is 20.7 Å². The van der Waals surface area contributed by atoms with E-state index < -0.39 is 11.7 Å². The number of hydrogen-bond acceptors (Lipinski definition) is 11. The van der Waals surface area contributed by atoms with Gasteiger partial charge in [0.05, 0.1) is 47.0 Å². The van der Waals surface area contributed by atoms with Gasteiger partial charge in [-0.25, -0.2) is 9.49 Å². The maximum Gasteiger partial charge on any atom is 0.272 e. The first-order valence-corrected chi connectivity index (χ1v) is 25.0. The van der Waals surface area contributed by atoms with Crippen LogP contribution in [0.15, 0.2) is 83.8 Å². The molecule has 1 atom stereocenters. The summed E-state index contributed by atoms with van der Waals surface area (Å²) in [4.78, 5) is 62.6. The summed E-state index contributed by atoms with van der Waals surface area (Å²) in [6, 6.07) is 21.9. The van der Waals surface area contributed by atoms with Crippen LogP contribution in [0.1, 0.15) is 90.9 Å². The number of piperidine rings is 3. The normalized spacial score (nSPS) is 23.4. The van der Waals surface area contributed by atoms with E-state index in [0.717, 1.165) is 115 Å². The van der Waals surface area contributed by atoms with Gasteiger partial charge in [-0.15, -0.1) is 5.10 Å². The van der Waals surface area contributed by atoms with Crippen LogP contribution < -0.4 is 15.2 Å². The molecule has 1 N–H and O–H groups in total. The van der Waals surface area contributed by atoms with Crippen molar-refractivity contribution in [2.24, 2.45) is 11.3 Å². The fourth-order valence-corrected chi connectivity index (χ4v) is 11.7. The Labute approximate surface area is 400 Å². The van der Waals surface area contributed by atoms with Crippen molar-refractivity contribution in [1.29, 1.82) is 0 Å². The maximum absolute atomic E-state index is 15.1. The van der Waals surface area contributed by atoms with Gasteiger partial charge in [0.1, 0.15) is 11.6 Å². The van der Waals surface area contributed by atoms with E-state index >= 15 is 4.39 Å². The Morgan fingerprint density at radius 3 is 2.25 bits per heavy atom. The van der Waals surface area contributed by atoms with E-state index in [9.17, 15) is 19.2 Å². The van der Waals surface area contributed by atoms with Crippen LogP contribution in [0.25, 0.3) is 10.8 Å². The minimum atomic E-state index is -0.600. The Morgan fingerprint density at radius 2 is 1.49 bits per heavy atom. The third-order valence-corrected chi connectivity index (χ3v) is 15.8. The number of H-pyrrole nitrogens is 1. The van der Waals surface area contributed by atoms with E-state index in [2.05, 4.69) is 47.2 Å². The molecule has 69 heavy (non-hydrogen) atoms.